The number of ether oxygens (including phenoxy) is 2. The average Bonchev–Trinajstić information content (AvgIpc) is 3.51. The summed E-state index contributed by atoms with van der Waals surface area (Å²) in [6.07, 6.45) is 0. The quantitative estimate of drug-likeness (QED) is 0.0939. The largest absolute Gasteiger partial charge is 0.495 e. The van der Waals surface area contributed by atoms with Crippen molar-refractivity contribution in [2.75, 3.05) is 13.2 Å². The number of benzene rings is 8. The van der Waals surface area contributed by atoms with Crippen LogP contribution in [0.25, 0.3) is 54.2 Å². The monoisotopic (exact) mass is 1010 g/mol. The number of hydrogen-bond acceptors (Lipinski definition) is 6. The van der Waals surface area contributed by atoms with Crippen LogP contribution in [0.1, 0.15) is 62.3 Å². The van der Waals surface area contributed by atoms with Gasteiger partial charge in [0.05, 0.1) is 35.5 Å². The lowest BCUT2D eigenvalue weighted by Crippen LogP contribution is -2.41. The maximum absolute atomic E-state index is 12.5. The van der Waals surface area contributed by atoms with Gasteiger partial charge < -0.3 is 18.8 Å². The fourth-order valence-corrected chi connectivity index (χ4v) is 9.62. The molecule has 6 nitrogen and oxygen atoms in total. The molecule has 1 aliphatic heterocycles. The second-order valence-electron chi connectivity index (χ2n) is 15.7. The van der Waals surface area contributed by atoms with E-state index in [1.807, 2.05) is 95.3 Å². The van der Waals surface area contributed by atoms with Crippen molar-refractivity contribution in [2.24, 2.45) is 0 Å². The van der Waals surface area contributed by atoms with Crippen LogP contribution in [0.15, 0.2) is 159 Å². The van der Waals surface area contributed by atoms with Gasteiger partial charge in [-0.1, -0.05) is 133 Å². The molecule has 0 amide bonds. The van der Waals surface area contributed by atoms with Crippen molar-refractivity contribution >= 4 is 115 Å². The second-order valence-corrected chi connectivity index (χ2v) is 18.0. The summed E-state index contributed by atoms with van der Waals surface area (Å²) in [4.78, 5) is 24.6. The first-order chi connectivity index (χ1) is 29.8. The van der Waals surface area contributed by atoms with Gasteiger partial charge in [-0.25, -0.2) is 9.59 Å². The molecule has 8 aromatic rings. The Morgan fingerprint density at radius 1 is 0.468 bits per heavy atom. The Balaban J connectivity index is 0.000000144. The van der Waals surface area contributed by atoms with E-state index in [9.17, 15) is 9.59 Å². The molecule has 1 heterocycles. The van der Waals surface area contributed by atoms with E-state index in [1.54, 1.807) is 19.1 Å². The molecule has 9 rings (SSSR count). The summed E-state index contributed by atoms with van der Waals surface area (Å²) < 4.78 is 25.8. The zero-order chi connectivity index (χ0) is 44.2. The zero-order valence-corrected chi connectivity index (χ0v) is 40.2. The molecule has 0 N–H and O–H groups in total. The minimum atomic E-state index is -0.555. The third-order valence-electron chi connectivity index (χ3n) is 11.3. The lowest BCUT2D eigenvalue weighted by molar-refractivity contribution is 0.00578. The molecule has 0 saturated carbocycles. The summed E-state index contributed by atoms with van der Waals surface area (Å²) in [6.45, 7) is 12.3. The second kappa shape index (κ2) is 19.3. The molecule has 0 atom stereocenters. The highest BCUT2D eigenvalue weighted by Gasteiger charge is 2.52. The van der Waals surface area contributed by atoms with E-state index in [0.717, 1.165) is 37.1 Å². The fraction of sp³-hybridized carbons (Fsp3) is 0.192. The summed E-state index contributed by atoms with van der Waals surface area (Å²) in [5, 5.41) is 9.44. The summed E-state index contributed by atoms with van der Waals surface area (Å²) in [5.74, 6) is -0.642. The molecular weight excluding hydrogens is 971 g/mol. The topological polar surface area (TPSA) is 71.1 Å². The number of carbonyl (C=O) groups excluding carboxylic acids is 2. The number of esters is 2. The normalized spacial score (nSPS) is 13.9. The Labute approximate surface area is 388 Å². The van der Waals surface area contributed by atoms with Gasteiger partial charge in [0.1, 0.15) is 0 Å². The lowest BCUT2D eigenvalue weighted by Gasteiger charge is -2.32. The van der Waals surface area contributed by atoms with Crippen LogP contribution in [-0.4, -0.2) is 43.5 Å². The summed E-state index contributed by atoms with van der Waals surface area (Å²) in [5.41, 5.74) is 2.89. The summed E-state index contributed by atoms with van der Waals surface area (Å²) in [7, 11) is -0.555. The summed E-state index contributed by atoms with van der Waals surface area (Å²) >= 11 is 11.2. The standard InChI is InChI=1S/C23H17BrO2.C15H21BO4.C14H8Br2/c1-2-26-23(25)20-14-8-5-11-17(20)21-15-9-3-6-12-18(15)22(24)19-13-7-4-10-16(19)21;1-6-18-13(17)11-9-7-8-10-12(11)16-19-14(2,3)15(4,5)20-16;15-13-9-5-1-2-6-10(9)14(16)12-8-4-3-7-11(12)13/h3-14H,2H2,1H3;7-10H,6H2,1-5H3;1-8H. The van der Waals surface area contributed by atoms with Crippen molar-refractivity contribution in [1.82, 2.24) is 0 Å². The van der Waals surface area contributed by atoms with Crippen molar-refractivity contribution < 1.29 is 28.4 Å². The Morgan fingerprint density at radius 2 is 0.774 bits per heavy atom. The van der Waals surface area contributed by atoms with Gasteiger partial charge in [-0.15, -0.1) is 0 Å². The average molecular weight is 1020 g/mol. The molecule has 0 bridgehead atoms. The number of halogens is 3. The molecule has 0 spiro atoms. The number of hydrogen-bond donors (Lipinski definition) is 0. The number of carbonyl (C=O) groups is 2. The molecule has 1 saturated heterocycles. The van der Waals surface area contributed by atoms with E-state index in [0.29, 0.717) is 29.8 Å². The van der Waals surface area contributed by atoms with E-state index in [2.05, 4.69) is 121 Å². The Morgan fingerprint density at radius 3 is 1.18 bits per heavy atom. The molecule has 1 aliphatic rings. The molecule has 10 heteroatoms. The Hall–Kier alpha value is -4.84. The van der Waals surface area contributed by atoms with E-state index < -0.39 is 18.3 Å². The molecule has 0 unspecified atom stereocenters. The van der Waals surface area contributed by atoms with Crippen molar-refractivity contribution in [3.05, 3.63) is 170 Å². The minimum absolute atomic E-state index is 0.292. The molecule has 314 valence electrons. The lowest BCUT2D eigenvalue weighted by atomic mass is 9.76. The molecule has 62 heavy (non-hydrogen) atoms. The predicted octanol–water partition coefficient (Wildman–Crippen LogP) is 14.3. The van der Waals surface area contributed by atoms with Gasteiger partial charge in [-0.2, -0.15) is 0 Å². The van der Waals surface area contributed by atoms with Gasteiger partial charge in [0.2, 0.25) is 0 Å². The predicted molar refractivity (Wildman–Crippen MR) is 266 cm³/mol. The number of fused-ring (bicyclic) bond motifs is 4. The highest BCUT2D eigenvalue weighted by molar-refractivity contribution is 9.11. The molecular formula is C52H46BBr3O6. The molecule has 1 fully saturated rings. The number of rotatable bonds is 6. The Kier molecular flexibility index (Phi) is 14.1. The van der Waals surface area contributed by atoms with Crippen LogP contribution in [0, 0.1) is 0 Å². The van der Waals surface area contributed by atoms with Crippen LogP contribution >= 0.6 is 47.8 Å². The van der Waals surface area contributed by atoms with Gasteiger partial charge in [0.25, 0.3) is 0 Å². The van der Waals surface area contributed by atoms with Crippen molar-refractivity contribution in [3.8, 4) is 11.1 Å². The van der Waals surface area contributed by atoms with Crippen LogP contribution in [0.2, 0.25) is 0 Å². The van der Waals surface area contributed by atoms with Gasteiger partial charge in [-0.05, 0) is 161 Å². The highest BCUT2D eigenvalue weighted by atomic mass is 79.9. The van der Waals surface area contributed by atoms with Crippen LogP contribution in [0.5, 0.6) is 0 Å². The SMILES string of the molecule is Brc1c2ccccc2c(Br)c2ccccc12.CCOC(=O)c1ccccc1-c1c2ccccc2c(Br)c2ccccc12.CCOC(=O)c1ccccc1B1OC(C)(C)C(C)(C)O1. The smallest absolute Gasteiger partial charge is 0.462 e. The van der Waals surface area contributed by atoms with Crippen molar-refractivity contribution in [2.45, 2.75) is 52.7 Å². The fourth-order valence-electron chi connectivity index (χ4n) is 7.54. The van der Waals surface area contributed by atoms with Crippen molar-refractivity contribution in [3.63, 3.8) is 0 Å². The third kappa shape index (κ3) is 8.99. The first-order valence-electron chi connectivity index (χ1n) is 20.5. The summed E-state index contributed by atoms with van der Waals surface area (Å²) in [6, 6.07) is 48.2. The first kappa shape index (κ1) is 45.2. The van der Waals surface area contributed by atoms with Crippen LogP contribution in [-0.2, 0) is 18.8 Å². The van der Waals surface area contributed by atoms with E-state index in [-0.39, 0.29) is 11.9 Å². The van der Waals surface area contributed by atoms with Gasteiger partial charge in [0.15, 0.2) is 0 Å². The molecule has 8 aromatic carbocycles. The maximum atomic E-state index is 12.5. The van der Waals surface area contributed by atoms with Crippen LogP contribution in [0.4, 0.5) is 0 Å². The van der Waals surface area contributed by atoms with Crippen molar-refractivity contribution in [1.29, 1.82) is 0 Å². The van der Waals surface area contributed by atoms with E-state index in [4.69, 9.17) is 18.8 Å². The third-order valence-corrected chi connectivity index (χ3v) is 13.9. The molecule has 0 aliphatic carbocycles. The van der Waals surface area contributed by atoms with Gasteiger partial charge >= 0.3 is 19.1 Å². The highest BCUT2D eigenvalue weighted by Crippen LogP contribution is 2.43. The maximum Gasteiger partial charge on any atom is 0.495 e. The molecule has 0 aromatic heterocycles. The first-order valence-corrected chi connectivity index (χ1v) is 22.9. The van der Waals surface area contributed by atoms with E-state index >= 15 is 0 Å². The van der Waals surface area contributed by atoms with E-state index in [1.165, 1.54) is 30.5 Å². The van der Waals surface area contributed by atoms with Crippen LogP contribution < -0.4 is 5.46 Å². The molecule has 0 radical (unpaired) electrons. The van der Waals surface area contributed by atoms with Crippen LogP contribution in [0.3, 0.4) is 0 Å². The van der Waals surface area contributed by atoms with Gasteiger partial charge in [0, 0.05) is 13.4 Å². The van der Waals surface area contributed by atoms with Gasteiger partial charge in [-0.3, -0.25) is 0 Å². The Bertz CT molecular complexity index is 2760. The zero-order valence-electron chi connectivity index (χ0n) is 35.4. The minimum Gasteiger partial charge on any atom is -0.462 e.